The third-order valence-corrected chi connectivity index (χ3v) is 3.93. The van der Waals surface area contributed by atoms with Crippen molar-refractivity contribution >= 4 is 0 Å². The van der Waals surface area contributed by atoms with Crippen molar-refractivity contribution in [3.63, 3.8) is 0 Å². The SMILES string of the molecule is CC(C)CCCC1(N)CCCCC1C. The molecule has 1 fully saturated rings. The van der Waals surface area contributed by atoms with Crippen LogP contribution in [0.25, 0.3) is 0 Å². The molecule has 2 atom stereocenters. The highest BCUT2D eigenvalue weighted by Gasteiger charge is 2.33. The Morgan fingerprint density at radius 2 is 2.07 bits per heavy atom. The van der Waals surface area contributed by atoms with Crippen LogP contribution < -0.4 is 5.73 Å². The van der Waals surface area contributed by atoms with Gasteiger partial charge in [0.1, 0.15) is 0 Å². The summed E-state index contributed by atoms with van der Waals surface area (Å²) in [5, 5.41) is 0. The second-order valence-electron chi connectivity index (χ2n) is 5.67. The van der Waals surface area contributed by atoms with Crippen molar-refractivity contribution in [3.8, 4) is 0 Å². The van der Waals surface area contributed by atoms with E-state index in [2.05, 4.69) is 20.8 Å². The summed E-state index contributed by atoms with van der Waals surface area (Å²) in [5.41, 5.74) is 6.66. The van der Waals surface area contributed by atoms with Crippen LogP contribution in [0.15, 0.2) is 0 Å². The predicted octanol–water partition coefficient (Wildman–Crippen LogP) is 3.72. The molecule has 2 unspecified atom stereocenters. The zero-order valence-corrected chi connectivity index (χ0v) is 10.2. The van der Waals surface area contributed by atoms with E-state index < -0.39 is 0 Å². The molecule has 0 aliphatic heterocycles. The maximum Gasteiger partial charge on any atom is 0.0180 e. The Morgan fingerprint density at radius 1 is 1.36 bits per heavy atom. The summed E-state index contributed by atoms with van der Waals surface area (Å²) in [6.07, 6.45) is 9.24. The van der Waals surface area contributed by atoms with Gasteiger partial charge in [-0.3, -0.25) is 0 Å². The summed E-state index contributed by atoms with van der Waals surface area (Å²) in [7, 11) is 0. The monoisotopic (exact) mass is 197 g/mol. The summed E-state index contributed by atoms with van der Waals surface area (Å²) < 4.78 is 0. The lowest BCUT2D eigenvalue weighted by Gasteiger charge is -2.40. The molecule has 0 aromatic heterocycles. The Balaban J connectivity index is 2.32. The minimum absolute atomic E-state index is 0.174. The fourth-order valence-corrected chi connectivity index (χ4v) is 2.65. The fraction of sp³-hybridized carbons (Fsp3) is 1.00. The van der Waals surface area contributed by atoms with Gasteiger partial charge in [0.2, 0.25) is 0 Å². The lowest BCUT2D eigenvalue weighted by molar-refractivity contribution is 0.185. The van der Waals surface area contributed by atoms with E-state index in [0.717, 1.165) is 11.8 Å². The molecule has 0 radical (unpaired) electrons. The van der Waals surface area contributed by atoms with Gasteiger partial charge in [0.05, 0.1) is 0 Å². The first-order valence-corrected chi connectivity index (χ1v) is 6.33. The number of nitrogens with two attached hydrogens (primary N) is 1. The van der Waals surface area contributed by atoms with E-state index in [-0.39, 0.29) is 5.54 Å². The van der Waals surface area contributed by atoms with Crippen LogP contribution in [0, 0.1) is 11.8 Å². The summed E-state index contributed by atoms with van der Waals surface area (Å²) in [5.74, 6) is 1.57. The maximum absolute atomic E-state index is 6.49. The summed E-state index contributed by atoms with van der Waals surface area (Å²) in [6.45, 7) is 6.94. The zero-order valence-electron chi connectivity index (χ0n) is 10.2. The molecule has 1 saturated carbocycles. The molecule has 0 saturated heterocycles. The molecule has 1 heteroatoms. The first-order chi connectivity index (χ1) is 6.54. The van der Waals surface area contributed by atoms with Crippen molar-refractivity contribution in [2.75, 3.05) is 0 Å². The minimum Gasteiger partial charge on any atom is -0.325 e. The highest BCUT2D eigenvalue weighted by atomic mass is 14.8. The molecule has 2 N–H and O–H groups in total. The lowest BCUT2D eigenvalue weighted by atomic mass is 9.71. The van der Waals surface area contributed by atoms with E-state index in [1.165, 1.54) is 44.9 Å². The third kappa shape index (κ3) is 3.27. The zero-order chi connectivity index (χ0) is 10.6. The van der Waals surface area contributed by atoms with Crippen LogP contribution in [-0.4, -0.2) is 5.54 Å². The Hall–Kier alpha value is -0.0400. The quantitative estimate of drug-likeness (QED) is 0.730. The van der Waals surface area contributed by atoms with Gasteiger partial charge in [-0.2, -0.15) is 0 Å². The van der Waals surface area contributed by atoms with Crippen LogP contribution in [0.1, 0.15) is 65.7 Å². The average molecular weight is 197 g/mol. The second kappa shape index (κ2) is 5.16. The van der Waals surface area contributed by atoms with E-state index in [1.807, 2.05) is 0 Å². The smallest absolute Gasteiger partial charge is 0.0180 e. The van der Waals surface area contributed by atoms with Crippen LogP contribution in [0.3, 0.4) is 0 Å². The molecule has 14 heavy (non-hydrogen) atoms. The molecular weight excluding hydrogens is 170 g/mol. The summed E-state index contributed by atoms with van der Waals surface area (Å²) >= 11 is 0. The highest BCUT2D eigenvalue weighted by Crippen LogP contribution is 2.35. The second-order valence-corrected chi connectivity index (χ2v) is 5.67. The van der Waals surface area contributed by atoms with Crippen molar-refractivity contribution in [1.82, 2.24) is 0 Å². The highest BCUT2D eigenvalue weighted by molar-refractivity contribution is 4.92. The molecule has 84 valence electrons. The van der Waals surface area contributed by atoms with Gasteiger partial charge < -0.3 is 5.73 Å². The molecular formula is C13H27N. The third-order valence-electron chi connectivity index (χ3n) is 3.93. The van der Waals surface area contributed by atoms with Crippen molar-refractivity contribution in [2.45, 2.75) is 71.3 Å². The molecule has 0 heterocycles. The molecule has 0 amide bonds. The Labute approximate surface area is 89.5 Å². The molecule has 0 spiro atoms. The average Bonchev–Trinajstić information content (AvgIpc) is 2.10. The standard InChI is InChI=1S/C13H27N/c1-11(2)7-6-10-13(14)9-5-4-8-12(13)3/h11-12H,4-10,14H2,1-3H3. The van der Waals surface area contributed by atoms with Gasteiger partial charge in [-0.25, -0.2) is 0 Å². The number of hydrogen-bond acceptors (Lipinski definition) is 1. The van der Waals surface area contributed by atoms with Crippen LogP contribution in [0.5, 0.6) is 0 Å². The Morgan fingerprint density at radius 3 is 2.64 bits per heavy atom. The van der Waals surface area contributed by atoms with E-state index in [4.69, 9.17) is 5.73 Å². The van der Waals surface area contributed by atoms with E-state index in [0.29, 0.717) is 0 Å². The predicted molar refractivity (Wildman–Crippen MR) is 63.2 cm³/mol. The fourth-order valence-electron chi connectivity index (χ4n) is 2.65. The summed E-state index contributed by atoms with van der Waals surface area (Å²) in [6, 6.07) is 0. The van der Waals surface area contributed by atoms with Gasteiger partial charge in [-0.15, -0.1) is 0 Å². The van der Waals surface area contributed by atoms with Crippen LogP contribution in [0.2, 0.25) is 0 Å². The van der Waals surface area contributed by atoms with Crippen LogP contribution >= 0.6 is 0 Å². The lowest BCUT2D eigenvalue weighted by Crippen LogP contribution is -2.48. The topological polar surface area (TPSA) is 26.0 Å². The number of rotatable bonds is 4. The van der Waals surface area contributed by atoms with Gasteiger partial charge in [0.25, 0.3) is 0 Å². The van der Waals surface area contributed by atoms with E-state index in [9.17, 15) is 0 Å². The van der Waals surface area contributed by atoms with E-state index in [1.54, 1.807) is 0 Å². The Kier molecular flexibility index (Phi) is 4.43. The first-order valence-electron chi connectivity index (χ1n) is 6.33. The van der Waals surface area contributed by atoms with Crippen molar-refractivity contribution in [1.29, 1.82) is 0 Å². The van der Waals surface area contributed by atoms with Crippen LogP contribution in [0.4, 0.5) is 0 Å². The number of hydrogen-bond donors (Lipinski definition) is 1. The Bertz CT molecular complexity index is 165. The van der Waals surface area contributed by atoms with Crippen molar-refractivity contribution in [3.05, 3.63) is 0 Å². The van der Waals surface area contributed by atoms with Gasteiger partial charge in [0.15, 0.2) is 0 Å². The molecule has 1 rings (SSSR count). The van der Waals surface area contributed by atoms with Gasteiger partial charge in [-0.05, 0) is 31.1 Å². The van der Waals surface area contributed by atoms with Crippen molar-refractivity contribution < 1.29 is 0 Å². The molecule has 1 aliphatic carbocycles. The van der Waals surface area contributed by atoms with E-state index >= 15 is 0 Å². The largest absolute Gasteiger partial charge is 0.325 e. The molecule has 1 aliphatic rings. The normalized spacial score (nSPS) is 33.6. The minimum atomic E-state index is 0.174. The molecule has 0 bridgehead atoms. The van der Waals surface area contributed by atoms with Gasteiger partial charge >= 0.3 is 0 Å². The first kappa shape index (κ1) is 12.0. The van der Waals surface area contributed by atoms with Crippen LogP contribution in [-0.2, 0) is 0 Å². The van der Waals surface area contributed by atoms with Crippen molar-refractivity contribution in [2.24, 2.45) is 17.6 Å². The van der Waals surface area contributed by atoms with Gasteiger partial charge in [0, 0.05) is 5.54 Å². The maximum atomic E-state index is 6.49. The molecule has 1 nitrogen and oxygen atoms in total. The summed E-state index contributed by atoms with van der Waals surface area (Å²) in [4.78, 5) is 0. The molecule has 0 aromatic rings. The van der Waals surface area contributed by atoms with Gasteiger partial charge in [-0.1, -0.05) is 46.5 Å². The molecule has 0 aromatic carbocycles.